The number of para-hydroxylation sites is 1. The van der Waals surface area contributed by atoms with E-state index in [1.54, 1.807) is 61.5 Å². The van der Waals surface area contributed by atoms with Gasteiger partial charge in [0.25, 0.3) is 10.0 Å². The van der Waals surface area contributed by atoms with E-state index in [0.717, 1.165) is 16.3 Å². The molecule has 0 radical (unpaired) electrons. The third-order valence-electron chi connectivity index (χ3n) is 7.00. The van der Waals surface area contributed by atoms with Crippen LogP contribution in [-0.2, 0) is 26.2 Å². The Balaban J connectivity index is 2.09. The van der Waals surface area contributed by atoms with Gasteiger partial charge >= 0.3 is 0 Å². The number of aryl methyl sites for hydroxylation is 2. The van der Waals surface area contributed by atoms with Crippen molar-refractivity contribution >= 4 is 50.7 Å². The largest absolute Gasteiger partial charge is 0.352 e. The molecular weight excluding hydrogens is 581 g/mol. The fraction of sp³-hybridized carbons (Fsp3) is 0.355. The van der Waals surface area contributed by atoms with Crippen LogP contribution < -0.4 is 9.62 Å². The van der Waals surface area contributed by atoms with Crippen LogP contribution in [0.15, 0.2) is 71.6 Å². The molecule has 1 N–H and O–H groups in total. The van der Waals surface area contributed by atoms with E-state index < -0.39 is 28.5 Å². The zero-order valence-electron chi connectivity index (χ0n) is 24.0. The van der Waals surface area contributed by atoms with Crippen LogP contribution in [0, 0.1) is 13.8 Å². The number of carbonyl (C=O) groups is 2. The lowest BCUT2D eigenvalue weighted by atomic mass is 10.1. The van der Waals surface area contributed by atoms with E-state index in [1.807, 2.05) is 27.7 Å². The molecule has 3 aromatic carbocycles. The number of hydrogen-bond donors (Lipinski definition) is 1. The van der Waals surface area contributed by atoms with Gasteiger partial charge in [-0.05, 0) is 75.1 Å². The number of carbonyl (C=O) groups excluding carboxylic acids is 2. The smallest absolute Gasteiger partial charge is 0.264 e. The van der Waals surface area contributed by atoms with Gasteiger partial charge in [-0.2, -0.15) is 0 Å². The second-order valence-corrected chi connectivity index (χ2v) is 12.8. The van der Waals surface area contributed by atoms with Crippen molar-refractivity contribution in [2.24, 2.45) is 0 Å². The van der Waals surface area contributed by atoms with E-state index >= 15 is 0 Å². The fourth-order valence-electron chi connectivity index (χ4n) is 4.39. The topological polar surface area (TPSA) is 86.8 Å². The summed E-state index contributed by atoms with van der Waals surface area (Å²) in [5, 5.41) is 3.65. The van der Waals surface area contributed by atoms with Gasteiger partial charge in [-0.25, -0.2) is 8.42 Å². The predicted octanol–water partition coefficient (Wildman–Crippen LogP) is 6.53. The average molecular weight is 619 g/mol. The molecule has 0 unspecified atom stereocenters. The summed E-state index contributed by atoms with van der Waals surface area (Å²) < 4.78 is 29.1. The number of rotatable bonds is 12. The summed E-state index contributed by atoms with van der Waals surface area (Å²) >= 11 is 12.4. The van der Waals surface area contributed by atoms with Crippen molar-refractivity contribution in [2.75, 3.05) is 10.8 Å². The van der Waals surface area contributed by atoms with Gasteiger partial charge in [0.1, 0.15) is 12.6 Å². The molecule has 3 rings (SSSR count). The molecule has 0 fully saturated rings. The first-order chi connectivity index (χ1) is 19.4. The number of nitrogens with zero attached hydrogens (tertiary/aromatic N) is 2. The zero-order chi connectivity index (χ0) is 30.3. The van der Waals surface area contributed by atoms with Gasteiger partial charge in [0, 0.05) is 12.6 Å². The highest BCUT2D eigenvalue weighted by molar-refractivity contribution is 7.92. The lowest BCUT2D eigenvalue weighted by molar-refractivity contribution is -0.140. The van der Waals surface area contributed by atoms with E-state index in [-0.39, 0.29) is 23.4 Å². The van der Waals surface area contributed by atoms with Crippen molar-refractivity contribution in [3.63, 3.8) is 0 Å². The highest BCUT2D eigenvalue weighted by atomic mass is 35.5. The maximum Gasteiger partial charge on any atom is 0.264 e. The normalized spacial score (nSPS) is 12.9. The first-order valence-corrected chi connectivity index (χ1v) is 15.8. The number of halogens is 2. The molecular formula is C31H37Cl2N3O4S. The Labute approximate surface area is 253 Å². The number of anilines is 1. The molecule has 2 atom stereocenters. The van der Waals surface area contributed by atoms with E-state index in [4.69, 9.17) is 23.2 Å². The van der Waals surface area contributed by atoms with Crippen LogP contribution in [0.25, 0.3) is 0 Å². The number of nitrogens with one attached hydrogen (secondary N) is 1. The Bertz CT molecular complexity index is 1480. The summed E-state index contributed by atoms with van der Waals surface area (Å²) in [7, 11) is -4.14. The molecule has 10 heteroatoms. The lowest BCUT2D eigenvalue weighted by Gasteiger charge is -2.34. The SMILES string of the molecule is CC[C@H](C(=O)N[C@@H](C)CC)N(Cc1ccc(Cl)c(Cl)c1)C(=O)CN(c1ccccc1C)S(=O)(=O)c1ccc(C)cc1. The van der Waals surface area contributed by atoms with Gasteiger partial charge in [-0.3, -0.25) is 13.9 Å². The summed E-state index contributed by atoms with van der Waals surface area (Å²) in [4.78, 5) is 29.0. The van der Waals surface area contributed by atoms with Crippen LogP contribution in [0.2, 0.25) is 10.0 Å². The fourth-order valence-corrected chi connectivity index (χ4v) is 6.19. The van der Waals surface area contributed by atoms with Gasteiger partial charge in [-0.1, -0.05) is 79.0 Å². The van der Waals surface area contributed by atoms with E-state index in [1.165, 1.54) is 17.0 Å². The Kier molecular flexibility index (Phi) is 11.2. The molecule has 2 amide bonds. The number of sulfonamides is 1. The quantitative estimate of drug-likeness (QED) is 0.250. The van der Waals surface area contributed by atoms with Crippen LogP contribution in [0.5, 0.6) is 0 Å². The number of hydrogen-bond acceptors (Lipinski definition) is 4. The second-order valence-electron chi connectivity index (χ2n) is 10.1. The number of amides is 2. The van der Waals surface area contributed by atoms with Crippen molar-refractivity contribution in [3.05, 3.63) is 93.5 Å². The Morgan fingerprint density at radius 3 is 2.15 bits per heavy atom. The molecule has 0 spiro atoms. The number of benzene rings is 3. The molecule has 0 heterocycles. The van der Waals surface area contributed by atoms with Gasteiger partial charge in [-0.15, -0.1) is 0 Å². The van der Waals surface area contributed by atoms with Crippen LogP contribution in [0.4, 0.5) is 5.69 Å². The molecule has 0 bridgehead atoms. The van der Waals surface area contributed by atoms with Crippen molar-refractivity contribution < 1.29 is 18.0 Å². The summed E-state index contributed by atoms with van der Waals surface area (Å²) in [6, 6.07) is 17.6. The Morgan fingerprint density at radius 1 is 0.902 bits per heavy atom. The minimum Gasteiger partial charge on any atom is -0.352 e. The Morgan fingerprint density at radius 2 is 1.56 bits per heavy atom. The minimum atomic E-state index is -4.14. The van der Waals surface area contributed by atoms with Crippen molar-refractivity contribution in [2.45, 2.75) is 71.0 Å². The van der Waals surface area contributed by atoms with E-state index in [0.29, 0.717) is 33.3 Å². The Hall–Kier alpha value is -3.07. The molecule has 220 valence electrons. The highest BCUT2D eigenvalue weighted by Crippen LogP contribution is 2.28. The molecule has 0 aliphatic carbocycles. The van der Waals surface area contributed by atoms with Crippen LogP contribution in [-0.4, -0.2) is 43.8 Å². The second kappa shape index (κ2) is 14.2. The first-order valence-electron chi connectivity index (χ1n) is 13.6. The van der Waals surface area contributed by atoms with Gasteiger partial charge in [0.15, 0.2) is 0 Å². The summed E-state index contributed by atoms with van der Waals surface area (Å²) in [5.74, 6) is -0.833. The van der Waals surface area contributed by atoms with Crippen molar-refractivity contribution in [3.8, 4) is 0 Å². The van der Waals surface area contributed by atoms with Crippen molar-refractivity contribution in [1.82, 2.24) is 10.2 Å². The van der Waals surface area contributed by atoms with Gasteiger partial charge in [0.05, 0.1) is 20.6 Å². The molecule has 0 saturated carbocycles. The lowest BCUT2D eigenvalue weighted by Crippen LogP contribution is -2.53. The van der Waals surface area contributed by atoms with Crippen molar-refractivity contribution in [1.29, 1.82) is 0 Å². The average Bonchev–Trinajstić information content (AvgIpc) is 2.94. The summed E-state index contributed by atoms with van der Waals surface area (Å²) in [5.41, 5.74) is 2.64. The third kappa shape index (κ3) is 8.03. The predicted molar refractivity (Wildman–Crippen MR) is 166 cm³/mol. The minimum absolute atomic E-state index is 0.0361. The monoisotopic (exact) mass is 617 g/mol. The third-order valence-corrected chi connectivity index (χ3v) is 9.51. The summed E-state index contributed by atoms with van der Waals surface area (Å²) in [6.45, 7) is 8.86. The van der Waals surface area contributed by atoms with Crippen LogP contribution >= 0.6 is 23.2 Å². The molecule has 3 aromatic rings. The van der Waals surface area contributed by atoms with Gasteiger partial charge in [0.2, 0.25) is 11.8 Å². The summed E-state index contributed by atoms with van der Waals surface area (Å²) in [6.07, 6.45) is 1.04. The molecule has 7 nitrogen and oxygen atoms in total. The van der Waals surface area contributed by atoms with Crippen LogP contribution in [0.3, 0.4) is 0 Å². The molecule has 0 aromatic heterocycles. The molecule has 0 saturated heterocycles. The maximum atomic E-state index is 14.2. The standard InChI is InChI=1S/C31H37Cl2N3O4S/c1-6-23(5)34-31(38)28(7-2)35(19-24-14-17-26(32)27(33)18-24)30(37)20-36(29-11-9-8-10-22(29)4)41(39,40)25-15-12-21(3)13-16-25/h8-18,23,28H,6-7,19-20H2,1-5H3,(H,34,38)/t23-,28+/m0/s1. The van der Waals surface area contributed by atoms with Crippen LogP contribution in [0.1, 0.15) is 50.3 Å². The van der Waals surface area contributed by atoms with E-state index in [9.17, 15) is 18.0 Å². The maximum absolute atomic E-state index is 14.2. The van der Waals surface area contributed by atoms with E-state index in [2.05, 4.69) is 5.32 Å². The highest BCUT2D eigenvalue weighted by Gasteiger charge is 2.34. The molecule has 0 aliphatic rings. The van der Waals surface area contributed by atoms with Gasteiger partial charge < -0.3 is 10.2 Å². The first kappa shape index (κ1) is 32.4. The molecule has 0 aliphatic heterocycles. The zero-order valence-corrected chi connectivity index (χ0v) is 26.4. The molecule has 41 heavy (non-hydrogen) atoms.